The molecule has 0 saturated heterocycles. The largest absolute Gasteiger partial charge is 0.305 e. The lowest BCUT2D eigenvalue weighted by atomic mass is 9.92. The van der Waals surface area contributed by atoms with Gasteiger partial charge in [-0.05, 0) is 12.1 Å². The minimum atomic E-state index is -0.549. The number of halogens is 1. The van der Waals surface area contributed by atoms with E-state index in [0.717, 1.165) is 5.69 Å². The molecule has 2 N–H and O–H groups in total. The Morgan fingerprint density at radius 3 is 2.58 bits per heavy atom. The molecular weight excluding hydrogens is 245 g/mol. The van der Waals surface area contributed by atoms with Crippen LogP contribution in [0, 0.1) is 5.82 Å². The molecule has 0 unspecified atom stereocenters. The number of anilines is 1. The molecule has 4 nitrogen and oxygen atoms in total. The Labute approximate surface area is 111 Å². The molecule has 0 bridgehead atoms. The molecule has 0 saturated carbocycles. The van der Waals surface area contributed by atoms with E-state index < -0.39 is 11.7 Å². The van der Waals surface area contributed by atoms with Gasteiger partial charge in [0.15, 0.2) is 5.82 Å². The van der Waals surface area contributed by atoms with Gasteiger partial charge in [0.1, 0.15) is 5.82 Å². The monoisotopic (exact) mass is 261 g/mol. The van der Waals surface area contributed by atoms with E-state index in [9.17, 15) is 9.18 Å². The predicted molar refractivity (Wildman–Crippen MR) is 71.6 cm³/mol. The predicted octanol–water partition coefficient (Wildman–Crippen LogP) is 3.10. The molecule has 1 heterocycles. The number of nitrogens with zero attached hydrogens (tertiary/aromatic N) is 1. The Morgan fingerprint density at radius 1 is 1.32 bits per heavy atom. The molecule has 0 spiro atoms. The molecule has 0 aliphatic heterocycles. The van der Waals surface area contributed by atoms with Crippen LogP contribution in [0.4, 0.5) is 10.2 Å². The smallest absolute Gasteiger partial charge is 0.259 e. The van der Waals surface area contributed by atoms with E-state index in [2.05, 4.69) is 15.5 Å². The molecule has 5 heteroatoms. The van der Waals surface area contributed by atoms with Crippen LogP contribution in [-0.4, -0.2) is 16.1 Å². The normalized spacial score (nSPS) is 11.4. The maximum absolute atomic E-state index is 13.4. The minimum Gasteiger partial charge on any atom is -0.305 e. The first-order valence-corrected chi connectivity index (χ1v) is 6.00. The van der Waals surface area contributed by atoms with Gasteiger partial charge in [-0.15, -0.1) is 0 Å². The molecule has 0 radical (unpaired) electrons. The van der Waals surface area contributed by atoms with E-state index in [-0.39, 0.29) is 11.0 Å². The summed E-state index contributed by atoms with van der Waals surface area (Å²) in [6.45, 7) is 6.09. The van der Waals surface area contributed by atoms with Crippen molar-refractivity contribution in [1.82, 2.24) is 10.2 Å². The third kappa shape index (κ3) is 2.99. The number of aromatic nitrogens is 2. The van der Waals surface area contributed by atoms with Crippen molar-refractivity contribution in [2.24, 2.45) is 0 Å². The number of carbonyl (C=O) groups excluding carboxylic acids is 1. The summed E-state index contributed by atoms with van der Waals surface area (Å²) in [4.78, 5) is 11.9. The topological polar surface area (TPSA) is 57.8 Å². The van der Waals surface area contributed by atoms with Crippen molar-refractivity contribution in [1.29, 1.82) is 0 Å². The molecule has 2 rings (SSSR count). The molecule has 1 amide bonds. The Morgan fingerprint density at radius 2 is 2.00 bits per heavy atom. The van der Waals surface area contributed by atoms with E-state index in [1.165, 1.54) is 12.1 Å². The summed E-state index contributed by atoms with van der Waals surface area (Å²) in [5.74, 6) is -0.671. The van der Waals surface area contributed by atoms with Gasteiger partial charge in [-0.25, -0.2) is 4.39 Å². The zero-order chi connectivity index (χ0) is 14.0. The number of aromatic amines is 1. The van der Waals surface area contributed by atoms with Gasteiger partial charge in [0.05, 0.1) is 5.56 Å². The van der Waals surface area contributed by atoms with Crippen LogP contribution in [0.25, 0.3) is 0 Å². The zero-order valence-electron chi connectivity index (χ0n) is 11.1. The molecule has 1 aromatic heterocycles. The highest BCUT2D eigenvalue weighted by Crippen LogP contribution is 2.22. The summed E-state index contributed by atoms with van der Waals surface area (Å²) in [6.07, 6.45) is 0. The van der Waals surface area contributed by atoms with Crippen LogP contribution in [-0.2, 0) is 5.41 Å². The van der Waals surface area contributed by atoms with E-state index >= 15 is 0 Å². The summed E-state index contributed by atoms with van der Waals surface area (Å²) in [5.41, 5.74) is 0.813. The lowest BCUT2D eigenvalue weighted by Gasteiger charge is -2.14. The first-order valence-electron chi connectivity index (χ1n) is 6.00. The van der Waals surface area contributed by atoms with Crippen molar-refractivity contribution < 1.29 is 9.18 Å². The summed E-state index contributed by atoms with van der Waals surface area (Å²) in [5, 5.41) is 9.43. The minimum absolute atomic E-state index is 0.00260. The fraction of sp³-hybridized carbons (Fsp3) is 0.286. The third-order valence-electron chi connectivity index (χ3n) is 2.75. The number of nitrogens with one attached hydrogen (secondary N) is 2. The number of hydrogen-bond acceptors (Lipinski definition) is 2. The average molecular weight is 261 g/mol. The van der Waals surface area contributed by atoms with E-state index in [1.807, 2.05) is 20.8 Å². The molecule has 2 aromatic rings. The van der Waals surface area contributed by atoms with Crippen molar-refractivity contribution in [3.05, 3.63) is 47.4 Å². The van der Waals surface area contributed by atoms with Crippen molar-refractivity contribution >= 4 is 11.7 Å². The Bertz CT molecular complexity index is 599. The molecule has 0 aliphatic carbocycles. The number of carbonyl (C=O) groups is 1. The van der Waals surface area contributed by atoms with Gasteiger partial charge in [0, 0.05) is 17.2 Å². The first-order chi connectivity index (χ1) is 8.88. The number of amides is 1. The highest BCUT2D eigenvalue weighted by Gasteiger charge is 2.18. The van der Waals surface area contributed by atoms with Crippen LogP contribution >= 0.6 is 0 Å². The second-order valence-electron chi connectivity index (χ2n) is 5.35. The average Bonchev–Trinajstić information content (AvgIpc) is 2.77. The standard InChI is InChI=1S/C14H16FN3O/c1-14(2,3)11-8-12(18-17-11)16-13(19)9-6-4-5-7-10(9)15/h4-8H,1-3H3,(H2,16,17,18,19). The second kappa shape index (κ2) is 4.84. The molecule has 19 heavy (non-hydrogen) atoms. The van der Waals surface area contributed by atoms with Gasteiger partial charge in [0.2, 0.25) is 0 Å². The van der Waals surface area contributed by atoms with E-state index in [0.29, 0.717) is 5.82 Å². The van der Waals surface area contributed by atoms with Gasteiger partial charge in [-0.2, -0.15) is 5.10 Å². The second-order valence-corrected chi connectivity index (χ2v) is 5.35. The fourth-order valence-electron chi connectivity index (χ4n) is 1.60. The van der Waals surface area contributed by atoms with Crippen LogP contribution in [0.15, 0.2) is 30.3 Å². The van der Waals surface area contributed by atoms with Gasteiger partial charge in [-0.1, -0.05) is 32.9 Å². The number of benzene rings is 1. The Hall–Kier alpha value is -2.17. The van der Waals surface area contributed by atoms with Crippen LogP contribution in [0.2, 0.25) is 0 Å². The van der Waals surface area contributed by atoms with Crippen molar-refractivity contribution in [2.75, 3.05) is 5.32 Å². The van der Waals surface area contributed by atoms with Crippen molar-refractivity contribution in [3.63, 3.8) is 0 Å². The van der Waals surface area contributed by atoms with Gasteiger partial charge in [0.25, 0.3) is 5.91 Å². The zero-order valence-corrected chi connectivity index (χ0v) is 11.1. The molecule has 0 aliphatic rings. The van der Waals surface area contributed by atoms with E-state index in [4.69, 9.17) is 0 Å². The van der Waals surface area contributed by atoms with Gasteiger partial charge in [-0.3, -0.25) is 9.89 Å². The van der Waals surface area contributed by atoms with Crippen LogP contribution < -0.4 is 5.32 Å². The SMILES string of the molecule is CC(C)(C)c1cc(NC(=O)c2ccccc2F)n[nH]1. The number of rotatable bonds is 2. The first kappa shape index (κ1) is 13.3. The molecule has 0 fully saturated rings. The lowest BCUT2D eigenvalue weighted by molar-refractivity contribution is 0.102. The highest BCUT2D eigenvalue weighted by atomic mass is 19.1. The number of H-pyrrole nitrogens is 1. The van der Waals surface area contributed by atoms with Crippen LogP contribution in [0.1, 0.15) is 36.8 Å². The summed E-state index contributed by atoms with van der Waals surface area (Å²) in [6, 6.07) is 7.59. The molecule has 100 valence electrons. The van der Waals surface area contributed by atoms with Crippen LogP contribution in [0.3, 0.4) is 0 Å². The molecule has 1 aromatic carbocycles. The van der Waals surface area contributed by atoms with Crippen molar-refractivity contribution in [2.45, 2.75) is 26.2 Å². The Balaban J connectivity index is 2.16. The third-order valence-corrected chi connectivity index (χ3v) is 2.75. The van der Waals surface area contributed by atoms with E-state index in [1.54, 1.807) is 18.2 Å². The van der Waals surface area contributed by atoms with Crippen molar-refractivity contribution in [3.8, 4) is 0 Å². The maximum Gasteiger partial charge on any atom is 0.259 e. The van der Waals surface area contributed by atoms with Crippen LogP contribution in [0.5, 0.6) is 0 Å². The maximum atomic E-state index is 13.4. The van der Waals surface area contributed by atoms with Gasteiger partial charge < -0.3 is 5.32 Å². The summed E-state index contributed by atoms with van der Waals surface area (Å²) in [7, 11) is 0. The molecule has 0 atom stereocenters. The van der Waals surface area contributed by atoms with Gasteiger partial charge >= 0.3 is 0 Å². The Kier molecular flexibility index (Phi) is 3.38. The number of hydrogen-bond donors (Lipinski definition) is 2. The lowest BCUT2D eigenvalue weighted by Crippen LogP contribution is -2.14. The molecular formula is C14H16FN3O. The summed E-state index contributed by atoms with van der Waals surface area (Å²) < 4.78 is 13.4. The fourth-order valence-corrected chi connectivity index (χ4v) is 1.60. The highest BCUT2D eigenvalue weighted by molar-refractivity contribution is 6.03. The quantitative estimate of drug-likeness (QED) is 0.872. The summed E-state index contributed by atoms with van der Waals surface area (Å²) >= 11 is 0.